The van der Waals surface area contributed by atoms with Crippen molar-refractivity contribution in [2.45, 2.75) is 4.90 Å². The van der Waals surface area contributed by atoms with Crippen molar-refractivity contribution in [2.75, 3.05) is 17.1 Å². The van der Waals surface area contributed by atoms with E-state index in [0.29, 0.717) is 11.3 Å². The van der Waals surface area contributed by atoms with E-state index in [1.54, 1.807) is 24.3 Å². The summed E-state index contributed by atoms with van der Waals surface area (Å²) in [4.78, 5) is 3.74. The maximum Gasteiger partial charge on any atom is 0.267 e. The maximum atomic E-state index is 12.4. The fourth-order valence-electron chi connectivity index (χ4n) is 1.64. The Morgan fingerprint density at radius 2 is 1.90 bits per heavy atom. The van der Waals surface area contributed by atoms with Gasteiger partial charge in [-0.05, 0) is 30.3 Å². The van der Waals surface area contributed by atoms with Gasteiger partial charge in [0.2, 0.25) is 0 Å². The van der Waals surface area contributed by atoms with Gasteiger partial charge in [0.25, 0.3) is 10.0 Å². The Kier molecular flexibility index (Phi) is 3.59. The van der Waals surface area contributed by atoms with Crippen LogP contribution in [0.4, 0.5) is 11.4 Å². The summed E-state index contributed by atoms with van der Waals surface area (Å²) < 4.78 is 26.0. The molecule has 1 aromatic heterocycles. The first kappa shape index (κ1) is 13.8. The van der Waals surface area contributed by atoms with Crippen molar-refractivity contribution in [3.8, 4) is 6.07 Å². The lowest BCUT2D eigenvalue weighted by Gasteiger charge is -2.20. The summed E-state index contributed by atoms with van der Waals surface area (Å²) >= 11 is 0. The van der Waals surface area contributed by atoms with E-state index in [4.69, 9.17) is 11.0 Å². The number of nitrogens with two attached hydrogens (primary N) is 1. The van der Waals surface area contributed by atoms with Crippen LogP contribution in [0.15, 0.2) is 47.6 Å². The number of nitrogen functional groups attached to an aromatic ring is 1. The van der Waals surface area contributed by atoms with Gasteiger partial charge in [-0.2, -0.15) is 5.26 Å². The van der Waals surface area contributed by atoms with Crippen LogP contribution in [0.5, 0.6) is 0 Å². The van der Waals surface area contributed by atoms with Crippen molar-refractivity contribution in [2.24, 2.45) is 0 Å². The predicted molar refractivity (Wildman–Crippen MR) is 75.4 cm³/mol. The van der Waals surface area contributed by atoms with Gasteiger partial charge in [-0.3, -0.25) is 9.29 Å². The number of rotatable bonds is 3. The molecule has 2 N–H and O–H groups in total. The Morgan fingerprint density at radius 1 is 1.25 bits per heavy atom. The van der Waals surface area contributed by atoms with Gasteiger partial charge in [0.1, 0.15) is 4.90 Å². The number of hydrogen-bond acceptors (Lipinski definition) is 5. The molecule has 0 saturated carbocycles. The van der Waals surface area contributed by atoms with Crippen LogP contribution >= 0.6 is 0 Å². The summed E-state index contributed by atoms with van der Waals surface area (Å²) in [5.74, 6) is 0. The number of pyridine rings is 1. The molecular weight excluding hydrogens is 276 g/mol. The van der Waals surface area contributed by atoms with Crippen molar-refractivity contribution in [3.05, 3.63) is 48.3 Å². The van der Waals surface area contributed by atoms with Crippen LogP contribution in [0.2, 0.25) is 0 Å². The maximum absolute atomic E-state index is 12.4. The van der Waals surface area contributed by atoms with Gasteiger partial charge in [-0.25, -0.2) is 8.42 Å². The zero-order valence-corrected chi connectivity index (χ0v) is 11.5. The molecule has 7 heteroatoms. The minimum atomic E-state index is -3.78. The molecule has 0 amide bonds. The Morgan fingerprint density at radius 3 is 2.45 bits per heavy atom. The van der Waals surface area contributed by atoms with Gasteiger partial charge in [0.05, 0.1) is 23.0 Å². The molecule has 0 saturated heterocycles. The Hall–Kier alpha value is -2.59. The highest BCUT2D eigenvalue weighted by atomic mass is 32.2. The van der Waals surface area contributed by atoms with Crippen LogP contribution < -0.4 is 10.0 Å². The third-order valence-corrected chi connectivity index (χ3v) is 4.64. The number of aromatic nitrogens is 1. The predicted octanol–water partition coefficient (Wildman–Crippen LogP) is 1.36. The summed E-state index contributed by atoms with van der Waals surface area (Å²) in [6, 6.07) is 9.62. The first-order valence-electron chi connectivity index (χ1n) is 5.65. The zero-order valence-electron chi connectivity index (χ0n) is 10.7. The van der Waals surface area contributed by atoms with E-state index in [0.717, 1.165) is 4.31 Å². The largest absolute Gasteiger partial charge is 0.398 e. The molecule has 0 aliphatic heterocycles. The van der Waals surface area contributed by atoms with Crippen molar-refractivity contribution in [1.82, 2.24) is 4.98 Å². The lowest BCUT2D eigenvalue weighted by atomic mass is 10.2. The lowest BCUT2D eigenvalue weighted by Crippen LogP contribution is -2.27. The van der Waals surface area contributed by atoms with Crippen LogP contribution in [0.1, 0.15) is 5.56 Å². The van der Waals surface area contributed by atoms with Gasteiger partial charge in [-0.1, -0.05) is 0 Å². The minimum Gasteiger partial charge on any atom is -0.398 e. The Labute approximate surface area is 117 Å². The standard InChI is InChI=1S/C13H12N4O2S/c1-17(11-4-2-10(8-14)3-5-11)20(18,19)13-9-16-7-6-12(13)15/h2-7,9H,1H3,(H2,15,16). The summed E-state index contributed by atoms with van der Waals surface area (Å²) in [5, 5.41) is 8.73. The summed E-state index contributed by atoms with van der Waals surface area (Å²) in [5.41, 5.74) is 6.71. The summed E-state index contributed by atoms with van der Waals surface area (Å²) in [6.45, 7) is 0. The lowest BCUT2D eigenvalue weighted by molar-refractivity contribution is 0.594. The molecule has 6 nitrogen and oxygen atoms in total. The molecule has 0 unspecified atom stereocenters. The number of sulfonamides is 1. The molecule has 0 fully saturated rings. The summed E-state index contributed by atoms with van der Waals surface area (Å²) in [6.07, 6.45) is 2.64. The normalized spacial score (nSPS) is 10.8. The van der Waals surface area contributed by atoms with E-state index >= 15 is 0 Å². The number of nitrogens with zero attached hydrogens (tertiary/aromatic N) is 3. The molecule has 2 rings (SSSR count). The van der Waals surface area contributed by atoms with Crippen LogP contribution in [-0.2, 0) is 10.0 Å². The van der Waals surface area contributed by atoms with Crippen molar-refractivity contribution in [1.29, 1.82) is 5.26 Å². The van der Waals surface area contributed by atoms with Crippen molar-refractivity contribution < 1.29 is 8.42 Å². The molecule has 0 aliphatic carbocycles. The van der Waals surface area contributed by atoms with E-state index in [-0.39, 0.29) is 10.6 Å². The van der Waals surface area contributed by atoms with E-state index in [1.807, 2.05) is 6.07 Å². The number of nitriles is 1. The van der Waals surface area contributed by atoms with Crippen LogP contribution in [0, 0.1) is 11.3 Å². The molecule has 102 valence electrons. The van der Waals surface area contributed by atoms with Gasteiger partial charge < -0.3 is 5.73 Å². The van der Waals surface area contributed by atoms with Crippen LogP contribution in [0.25, 0.3) is 0 Å². The van der Waals surface area contributed by atoms with Crippen molar-refractivity contribution in [3.63, 3.8) is 0 Å². The van der Waals surface area contributed by atoms with Gasteiger partial charge >= 0.3 is 0 Å². The zero-order chi connectivity index (χ0) is 14.8. The second-order valence-corrected chi connectivity index (χ2v) is 5.98. The first-order chi connectivity index (χ1) is 9.46. The average molecular weight is 288 g/mol. The highest BCUT2D eigenvalue weighted by Gasteiger charge is 2.23. The quantitative estimate of drug-likeness (QED) is 0.919. The van der Waals surface area contributed by atoms with Gasteiger partial charge in [-0.15, -0.1) is 0 Å². The third kappa shape index (κ3) is 2.41. The second-order valence-electron chi connectivity index (χ2n) is 4.04. The topological polar surface area (TPSA) is 100 Å². The third-order valence-electron chi connectivity index (χ3n) is 2.81. The highest BCUT2D eigenvalue weighted by molar-refractivity contribution is 7.93. The molecule has 2 aromatic rings. The van der Waals surface area contributed by atoms with E-state index in [2.05, 4.69) is 4.98 Å². The average Bonchev–Trinajstić information content (AvgIpc) is 2.47. The number of anilines is 2. The van der Waals surface area contributed by atoms with Crippen LogP contribution in [0.3, 0.4) is 0 Å². The second kappa shape index (κ2) is 5.19. The molecule has 20 heavy (non-hydrogen) atoms. The fourth-order valence-corrected chi connectivity index (χ4v) is 2.89. The molecule has 1 heterocycles. The smallest absolute Gasteiger partial charge is 0.267 e. The van der Waals surface area contributed by atoms with E-state index in [9.17, 15) is 8.42 Å². The highest BCUT2D eigenvalue weighted by Crippen LogP contribution is 2.25. The molecule has 0 bridgehead atoms. The van der Waals surface area contributed by atoms with Gasteiger partial charge in [0, 0.05) is 19.4 Å². The monoisotopic (exact) mass is 288 g/mol. The first-order valence-corrected chi connectivity index (χ1v) is 7.09. The van der Waals surface area contributed by atoms with Gasteiger partial charge in [0.15, 0.2) is 0 Å². The minimum absolute atomic E-state index is 0.0492. The number of benzene rings is 1. The van der Waals surface area contributed by atoms with Crippen molar-refractivity contribution >= 4 is 21.4 Å². The molecule has 0 atom stereocenters. The van der Waals surface area contributed by atoms with Crippen LogP contribution in [-0.4, -0.2) is 20.4 Å². The Bertz CT molecular complexity index is 764. The SMILES string of the molecule is CN(c1ccc(C#N)cc1)S(=O)(=O)c1cnccc1N. The Balaban J connectivity index is 2.44. The fraction of sp³-hybridized carbons (Fsp3) is 0.0769. The number of hydrogen-bond donors (Lipinski definition) is 1. The molecule has 0 spiro atoms. The molecule has 1 aromatic carbocycles. The van der Waals surface area contributed by atoms with E-state index in [1.165, 1.54) is 25.5 Å². The molecular formula is C13H12N4O2S. The molecule has 0 radical (unpaired) electrons. The molecule has 0 aliphatic rings. The summed E-state index contributed by atoms with van der Waals surface area (Å²) in [7, 11) is -2.36. The van der Waals surface area contributed by atoms with E-state index < -0.39 is 10.0 Å².